The van der Waals surface area contributed by atoms with Crippen LogP contribution in [0.4, 0.5) is 0 Å². The highest BCUT2D eigenvalue weighted by Crippen LogP contribution is 2.39. The monoisotopic (exact) mass is 333 g/mol. The molecule has 0 atom stereocenters. The van der Waals surface area contributed by atoms with Gasteiger partial charge in [-0.15, -0.1) is 0 Å². The molecule has 0 unspecified atom stereocenters. The van der Waals surface area contributed by atoms with E-state index in [0.29, 0.717) is 0 Å². The maximum absolute atomic E-state index is 3.48. The molecule has 0 aromatic heterocycles. The van der Waals surface area contributed by atoms with E-state index in [1.807, 2.05) is 0 Å². The fourth-order valence-corrected chi connectivity index (χ4v) is 4.19. The molecule has 25 heavy (non-hydrogen) atoms. The number of unbranched alkanes of at least 4 members (excludes halogenated alkanes) is 9. The van der Waals surface area contributed by atoms with Gasteiger partial charge in [-0.2, -0.15) is 0 Å². The smallest absolute Gasteiger partial charge is 0.000718 e. The van der Waals surface area contributed by atoms with E-state index in [4.69, 9.17) is 0 Å². The Morgan fingerprint density at radius 3 is 2.24 bits per heavy atom. The van der Waals surface area contributed by atoms with Crippen molar-refractivity contribution in [3.8, 4) is 11.1 Å². The summed E-state index contributed by atoms with van der Waals surface area (Å²) in [6, 6.07) is 16.8. The SMILES string of the molecule is CCCCCCCCCCCCc1cc[c]c2c1-c1ccccc1C2. The van der Waals surface area contributed by atoms with Gasteiger partial charge in [0, 0.05) is 0 Å². The number of hydrogen-bond donors (Lipinski definition) is 0. The van der Waals surface area contributed by atoms with Crippen LogP contribution in [0, 0.1) is 6.07 Å². The van der Waals surface area contributed by atoms with E-state index in [9.17, 15) is 0 Å². The van der Waals surface area contributed by atoms with Crippen molar-refractivity contribution in [1.82, 2.24) is 0 Å². The lowest BCUT2D eigenvalue weighted by molar-refractivity contribution is 0.556. The Labute approximate surface area is 154 Å². The van der Waals surface area contributed by atoms with Crippen molar-refractivity contribution in [3.05, 3.63) is 59.2 Å². The molecule has 1 aliphatic rings. The molecule has 0 heteroatoms. The third kappa shape index (κ3) is 4.97. The molecule has 0 aliphatic heterocycles. The van der Waals surface area contributed by atoms with Crippen molar-refractivity contribution < 1.29 is 0 Å². The second-order valence-corrected chi connectivity index (χ2v) is 7.62. The molecule has 0 amide bonds. The first kappa shape index (κ1) is 18.2. The molecule has 0 saturated heterocycles. The summed E-state index contributed by atoms with van der Waals surface area (Å²) in [5, 5.41) is 0. The first-order valence-corrected chi connectivity index (χ1v) is 10.5. The lowest BCUT2D eigenvalue weighted by Crippen LogP contribution is -1.92. The van der Waals surface area contributed by atoms with Gasteiger partial charge in [-0.05, 0) is 53.1 Å². The quantitative estimate of drug-likeness (QED) is 0.318. The van der Waals surface area contributed by atoms with Crippen LogP contribution in [0.15, 0.2) is 36.4 Å². The molecule has 1 radical (unpaired) electrons. The average molecular weight is 334 g/mol. The van der Waals surface area contributed by atoms with Crippen LogP contribution in [-0.4, -0.2) is 0 Å². The summed E-state index contributed by atoms with van der Waals surface area (Å²) < 4.78 is 0. The minimum Gasteiger partial charge on any atom is -0.0654 e. The van der Waals surface area contributed by atoms with Gasteiger partial charge in [0.25, 0.3) is 0 Å². The van der Waals surface area contributed by atoms with Gasteiger partial charge >= 0.3 is 0 Å². The molecule has 3 rings (SSSR count). The van der Waals surface area contributed by atoms with E-state index in [-0.39, 0.29) is 0 Å². The van der Waals surface area contributed by atoms with Crippen LogP contribution >= 0.6 is 0 Å². The van der Waals surface area contributed by atoms with E-state index in [0.717, 1.165) is 6.42 Å². The van der Waals surface area contributed by atoms with Crippen LogP contribution in [0.2, 0.25) is 0 Å². The lowest BCUT2D eigenvalue weighted by atomic mass is 9.95. The number of fused-ring (bicyclic) bond motifs is 3. The number of hydrogen-bond acceptors (Lipinski definition) is 0. The molecule has 0 fully saturated rings. The van der Waals surface area contributed by atoms with Gasteiger partial charge in [-0.3, -0.25) is 0 Å². The van der Waals surface area contributed by atoms with Gasteiger partial charge in [0.15, 0.2) is 0 Å². The Morgan fingerprint density at radius 1 is 0.800 bits per heavy atom. The second kappa shape index (κ2) is 9.80. The molecule has 1 aliphatic carbocycles. The van der Waals surface area contributed by atoms with Crippen LogP contribution in [-0.2, 0) is 12.8 Å². The summed E-state index contributed by atoms with van der Waals surface area (Å²) in [6.07, 6.45) is 16.4. The predicted octanol–water partition coefficient (Wildman–Crippen LogP) is 7.52. The van der Waals surface area contributed by atoms with Gasteiger partial charge in [0.2, 0.25) is 0 Å². The maximum Gasteiger partial charge on any atom is -0.000718 e. The first-order chi connectivity index (χ1) is 12.4. The van der Waals surface area contributed by atoms with Gasteiger partial charge in [0.05, 0.1) is 0 Å². The Kier molecular flexibility index (Phi) is 7.15. The van der Waals surface area contributed by atoms with Crippen LogP contribution < -0.4 is 0 Å². The molecule has 0 spiro atoms. The molecule has 2 aromatic rings. The zero-order chi connectivity index (χ0) is 17.3. The first-order valence-electron chi connectivity index (χ1n) is 10.5. The molecule has 0 bridgehead atoms. The van der Waals surface area contributed by atoms with Gasteiger partial charge in [-0.1, -0.05) is 101 Å². The third-order valence-corrected chi connectivity index (χ3v) is 5.62. The zero-order valence-corrected chi connectivity index (χ0v) is 15.9. The number of aryl methyl sites for hydroxylation is 1. The normalized spacial score (nSPS) is 12.2. The minimum absolute atomic E-state index is 1.07. The lowest BCUT2D eigenvalue weighted by Gasteiger charge is -2.09. The van der Waals surface area contributed by atoms with Gasteiger partial charge < -0.3 is 0 Å². The summed E-state index contributed by atoms with van der Waals surface area (Å²) in [6.45, 7) is 2.29. The van der Waals surface area contributed by atoms with Crippen molar-refractivity contribution in [2.24, 2.45) is 0 Å². The summed E-state index contributed by atoms with van der Waals surface area (Å²) in [7, 11) is 0. The number of benzene rings is 2. The number of rotatable bonds is 11. The molecule has 0 N–H and O–H groups in total. The maximum atomic E-state index is 3.48. The average Bonchev–Trinajstić information content (AvgIpc) is 3.02. The van der Waals surface area contributed by atoms with Gasteiger partial charge in [-0.25, -0.2) is 0 Å². The molecule has 0 saturated carbocycles. The molecule has 0 heterocycles. The topological polar surface area (TPSA) is 0 Å². The minimum atomic E-state index is 1.07. The fourth-order valence-electron chi connectivity index (χ4n) is 4.19. The van der Waals surface area contributed by atoms with E-state index >= 15 is 0 Å². The highest BCUT2D eigenvalue weighted by Gasteiger charge is 2.20. The predicted molar refractivity (Wildman–Crippen MR) is 109 cm³/mol. The Morgan fingerprint density at radius 2 is 1.48 bits per heavy atom. The van der Waals surface area contributed by atoms with Gasteiger partial charge in [0.1, 0.15) is 0 Å². The third-order valence-electron chi connectivity index (χ3n) is 5.62. The van der Waals surface area contributed by atoms with Crippen LogP contribution in [0.25, 0.3) is 11.1 Å². The fraction of sp³-hybridized carbons (Fsp3) is 0.520. The summed E-state index contributed by atoms with van der Waals surface area (Å²) in [4.78, 5) is 0. The highest BCUT2D eigenvalue weighted by molar-refractivity contribution is 5.79. The van der Waals surface area contributed by atoms with E-state index in [1.165, 1.54) is 92.9 Å². The van der Waals surface area contributed by atoms with Crippen molar-refractivity contribution in [2.75, 3.05) is 0 Å². The molecular formula is C25H33. The molecular weight excluding hydrogens is 300 g/mol. The van der Waals surface area contributed by atoms with E-state index < -0.39 is 0 Å². The summed E-state index contributed by atoms with van der Waals surface area (Å²) in [5.41, 5.74) is 7.37. The summed E-state index contributed by atoms with van der Waals surface area (Å²) in [5.74, 6) is 0. The van der Waals surface area contributed by atoms with Crippen LogP contribution in [0.1, 0.15) is 87.8 Å². The zero-order valence-electron chi connectivity index (χ0n) is 15.9. The van der Waals surface area contributed by atoms with E-state index in [2.05, 4.69) is 49.4 Å². The van der Waals surface area contributed by atoms with E-state index in [1.54, 1.807) is 5.56 Å². The molecule has 2 aromatic carbocycles. The molecule has 133 valence electrons. The second-order valence-electron chi connectivity index (χ2n) is 7.62. The van der Waals surface area contributed by atoms with Crippen molar-refractivity contribution in [3.63, 3.8) is 0 Å². The van der Waals surface area contributed by atoms with Crippen molar-refractivity contribution in [2.45, 2.75) is 84.0 Å². The van der Waals surface area contributed by atoms with Crippen molar-refractivity contribution >= 4 is 0 Å². The Hall–Kier alpha value is -1.56. The summed E-state index contributed by atoms with van der Waals surface area (Å²) >= 11 is 0. The Balaban J connectivity index is 1.40. The largest absolute Gasteiger partial charge is 0.0654 e. The standard InChI is InChI=1S/C25H33/c1-2-3-4-5-6-7-8-9-10-11-15-21-17-14-18-23-20-22-16-12-13-19-24(22)25(21)23/h12-14,16-17,19H,2-11,15,20H2,1H3. The Bertz CT molecular complexity index is 653. The highest BCUT2D eigenvalue weighted by atomic mass is 14.2. The van der Waals surface area contributed by atoms with Crippen LogP contribution in [0.5, 0.6) is 0 Å². The van der Waals surface area contributed by atoms with Crippen LogP contribution in [0.3, 0.4) is 0 Å². The molecule has 0 nitrogen and oxygen atoms in total. The van der Waals surface area contributed by atoms with Crippen molar-refractivity contribution in [1.29, 1.82) is 0 Å².